The number of halogens is 2. The molecule has 0 saturated heterocycles. The molecule has 1 aromatic carbocycles. The van der Waals surface area contributed by atoms with Gasteiger partial charge in [-0.15, -0.1) is 0 Å². The van der Waals surface area contributed by atoms with Gasteiger partial charge in [-0.05, 0) is 30.3 Å². The number of hydrogen-bond donors (Lipinski definition) is 2. The predicted molar refractivity (Wildman–Crippen MR) is 113 cm³/mol. The van der Waals surface area contributed by atoms with Crippen molar-refractivity contribution in [3.05, 3.63) is 73.1 Å². The molecule has 5 heterocycles. The maximum atomic E-state index is 15.5. The van der Waals surface area contributed by atoms with Crippen molar-refractivity contribution in [1.29, 1.82) is 0 Å². The van der Waals surface area contributed by atoms with Gasteiger partial charge in [0.15, 0.2) is 11.5 Å². The van der Waals surface area contributed by atoms with Crippen LogP contribution in [0.1, 0.15) is 0 Å². The van der Waals surface area contributed by atoms with Crippen LogP contribution in [-0.2, 0) is 0 Å². The summed E-state index contributed by atoms with van der Waals surface area (Å²) in [6, 6.07) is 7.75. The van der Waals surface area contributed by atoms with Gasteiger partial charge in [-0.3, -0.25) is 10.1 Å². The van der Waals surface area contributed by atoms with Crippen LogP contribution >= 0.6 is 0 Å². The smallest absolute Gasteiger partial charge is 0.159 e. The highest BCUT2D eigenvalue weighted by atomic mass is 19.1. The van der Waals surface area contributed by atoms with Gasteiger partial charge < -0.3 is 4.98 Å². The van der Waals surface area contributed by atoms with Crippen LogP contribution in [0, 0.1) is 11.6 Å². The summed E-state index contributed by atoms with van der Waals surface area (Å²) in [7, 11) is 0. The summed E-state index contributed by atoms with van der Waals surface area (Å²) >= 11 is 0. The van der Waals surface area contributed by atoms with Crippen molar-refractivity contribution < 1.29 is 8.78 Å². The van der Waals surface area contributed by atoms with Crippen molar-refractivity contribution in [2.24, 2.45) is 0 Å². The Kier molecular flexibility index (Phi) is 3.97. The fourth-order valence-electron chi connectivity index (χ4n) is 3.63. The molecule has 154 valence electrons. The van der Waals surface area contributed by atoms with Gasteiger partial charge in [-0.2, -0.15) is 5.10 Å². The van der Waals surface area contributed by atoms with Gasteiger partial charge in [0.05, 0.1) is 16.6 Å². The third kappa shape index (κ3) is 2.81. The Morgan fingerprint density at radius 3 is 2.44 bits per heavy atom. The Hall–Kier alpha value is -4.60. The predicted octanol–water partition coefficient (Wildman–Crippen LogP) is 4.30. The van der Waals surface area contributed by atoms with E-state index >= 15 is 4.39 Å². The molecule has 0 amide bonds. The number of aromatic amines is 2. The number of imidazole rings is 1. The van der Waals surface area contributed by atoms with Crippen LogP contribution in [0.2, 0.25) is 0 Å². The fraction of sp³-hybridized carbons (Fsp3) is 0. The number of pyridine rings is 2. The maximum Gasteiger partial charge on any atom is 0.159 e. The molecule has 0 spiro atoms. The average molecular weight is 426 g/mol. The Morgan fingerprint density at radius 1 is 0.812 bits per heavy atom. The number of fused-ring (bicyclic) bond motifs is 2. The third-order valence-corrected chi connectivity index (χ3v) is 5.14. The van der Waals surface area contributed by atoms with Gasteiger partial charge in [-0.25, -0.2) is 28.7 Å². The molecule has 6 aromatic rings. The molecule has 2 N–H and O–H groups in total. The second-order valence-electron chi connectivity index (χ2n) is 7.06. The lowest BCUT2D eigenvalue weighted by Crippen LogP contribution is -1.92. The summed E-state index contributed by atoms with van der Waals surface area (Å²) < 4.78 is 28.9. The van der Waals surface area contributed by atoms with E-state index in [1.165, 1.54) is 37.1 Å². The number of rotatable bonds is 3. The number of aromatic nitrogens is 8. The van der Waals surface area contributed by atoms with E-state index in [1.54, 1.807) is 24.4 Å². The van der Waals surface area contributed by atoms with E-state index in [0.29, 0.717) is 33.7 Å². The van der Waals surface area contributed by atoms with Crippen LogP contribution in [0.3, 0.4) is 0 Å². The van der Waals surface area contributed by atoms with Crippen molar-refractivity contribution in [2.45, 2.75) is 0 Å². The fourth-order valence-corrected chi connectivity index (χ4v) is 3.63. The van der Waals surface area contributed by atoms with E-state index in [4.69, 9.17) is 0 Å². The zero-order valence-corrected chi connectivity index (χ0v) is 16.2. The van der Waals surface area contributed by atoms with Gasteiger partial charge in [0, 0.05) is 41.5 Å². The molecule has 0 saturated carbocycles. The monoisotopic (exact) mass is 426 g/mol. The number of benzene rings is 1. The van der Waals surface area contributed by atoms with Gasteiger partial charge in [0.2, 0.25) is 0 Å². The second kappa shape index (κ2) is 6.98. The molecule has 0 aliphatic carbocycles. The SMILES string of the molecule is Fc1ccc(-c2nccc3[nH]c(-c4n[nH]c5ncc(-c6cncnc6)c(F)c45)nc23)cc1. The quantitative estimate of drug-likeness (QED) is 0.437. The summed E-state index contributed by atoms with van der Waals surface area (Å²) in [5.41, 5.74) is 3.86. The highest BCUT2D eigenvalue weighted by Gasteiger charge is 2.21. The highest BCUT2D eigenvalue weighted by molar-refractivity contribution is 5.96. The average Bonchev–Trinajstić information content (AvgIpc) is 3.45. The highest BCUT2D eigenvalue weighted by Crippen LogP contribution is 2.33. The number of hydrogen-bond acceptors (Lipinski definition) is 6. The lowest BCUT2D eigenvalue weighted by Gasteiger charge is -2.03. The molecule has 0 atom stereocenters. The van der Waals surface area contributed by atoms with Gasteiger partial charge in [-0.1, -0.05) is 0 Å². The van der Waals surface area contributed by atoms with Gasteiger partial charge >= 0.3 is 0 Å². The topological polar surface area (TPSA) is 109 Å². The molecule has 32 heavy (non-hydrogen) atoms. The van der Waals surface area contributed by atoms with Crippen molar-refractivity contribution in [1.82, 2.24) is 40.1 Å². The second-order valence-corrected chi connectivity index (χ2v) is 7.06. The summed E-state index contributed by atoms with van der Waals surface area (Å²) in [5.74, 6) is -0.495. The normalized spacial score (nSPS) is 11.4. The summed E-state index contributed by atoms with van der Waals surface area (Å²) in [5, 5.41) is 7.20. The molecule has 0 radical (unpaired) electrons. The number of nitrogens with one attached hydrogen (secondary N) is 2. The summed E-state index contributed by atoms with van der Waals surface area (Å²) in [4.78, 5) is 24.4. The summed E-state index contributed by atoms with van der Waals surface area (Å²) in [6.07, 6.45) is 7.44. The zero-order valence-electron chi connectivity index (χ0n) is 16.2. The summed E-state index contributed by atoms with van der Waals surface area (Å²) in [6.45, 7) is 0. The van der Waals surface area contributed by atoms with Gasteiger partial charge in [0.1, 0.15) is 29.2 Å². The lowest BCUT2D eigenvalue weighted by atomic mass is 10.1. The maximum absolute atomic E-state index is 15.5. The lowest BCUT2D eigenvalue weighted by molar-refractivity contribution is 0.628. The van der Waals surface area contributed by atoms with E-state index in [0.717, 1.165) is 0 Å². The Labute approximate surface area is 178 Å². The van der Waals surface area contributed by atoms with Crippen LogP contribution in [0.4, 0.5) is 8.78 Å². The molecular weight excluding hydrogens is 414 g/mol. The Bertz CT molecular complexity index is 1590. The third-order valence-electron chi connectivity index (χ3n) is 5.14. The molecule has 0 fully saturated rings. The van der Waals surface area contributed by atoms with E-state index in [2.05, 4.69) is 40.1 Å². The molecule has 0 unspecified atom stereocenters. The van der Waals surface area contributed by atoms with Crippen LogP contribution in [-0.4, -0.2) is 40.1 Å². The number of H-pyrrole nitrogens is 2. The minimum atomic E-state index is -0.508. The minimum absolute atomic E-state index is 0.196. The van der Waals surface area contributed by atoms with Crippen LogP contribution in [0.25, 0.3) is 56.0 Å². The van der Waals surface area contributed by atoms with Crippen LogP contribution < -0.4 is 0 Å². The molecule has 5 aromatic heterocycles. The van der Waals surface area contributed by atoms with E-state index in [-0.39, 0.29) is 28.1 Å². The molecule has 10 heteroatoms. The first-order valence-corrected chi connectivity index (χ1v) is 9.58. The van der Waals surface area contributed by atoms with Crippen LogP contribution in [0.5, 0.6) is 0 Å². The Balaban J connectivity index is 1.54. The molecule has 0 bridgehead atoms. The molecule has 8 nitrogen and oxygen atoms in total. The van der Waals surface area contributed by atoms with E-state index in [1.807, 2.05) is 0 Å². The first-order chi connectivity index (χ1) is 15.7. The number of nitrogens with zero attached hydrogens (tertiary/aromatic N) is 6. The first-order valence-electron chi connectivity index (χ1n) is 9.58. The van der Waals surface area contributed by atoms with Gasteiger partial charge in [0.25, 0.3) is 0 Å². The molecule has 0 aliphatic rings. The first kappa shape index (κ1) is 18.2. The van der Waals surface area contributed by atoms with Crippen molar-refractivity contribution in [2.75, 3.05) is 0 Å². The van der Waals surface area contributed by atoms with E-state index in [9.17, 15) is 4.39 Å². The van der Waals surface area contributed by atoms with E-state index < -0.39 is 5.82 Å². The molecule has 0 aliphatic heterocycles. The van der Waals surface area contributed by atoms with Crippen molar-refractivity contribution in [3.63, 3.8) is 0 Å². The minimum Gasteiger partial charge on any atom is -0.336 e. The molecule has 6 rings (SSSR count). The van der Waals surface area contributed by atoms with Crippen molar-refractivity contribution in [3.8, 4) is 33.9 Å². The Morgan fingerprint density at radius 2 is 1.62 bits per heavy atom. The van der Waals surface area contributed by atoms with Crippen molar-refractivity contribution >= 4 is 22.1 Å². The molecular formula is C22H12F2N8. The zero-order chi connectivity index (χ0) is 21.7. The largest absolute Gasteiger partial charge is 0.336 e. The van der Waals surface area contributed by atoms with Crippen LogP contribution in [0.15, 0.2) is 61.4 Å². The standard InChI is InChI=1S/C22H12F2N8/c23-13-3-1-11(2-4-13)18-19-15(5-6-27-18)29-22(30-19)20-16-17(24)14(9-28-21(16)32-31-20)12-7-25-10-26-8-12/h1-10H,(H,29,30)(H,28,31,32).